The van der Waals surface area contributed by atoms with Gasteiger partial charge in [0.2, 0.25) is 0 Å². The summed E-state index contributed by atoms with van der Waals surface area (Å²) in [4.78, 5) is 14.7. The van der Waals surface area contributed by atoms with Gasteiger partial charge in [0, 0.05) is 19.7 Å². The first-order valence-corrected chi connectivity index (χ1v) is 5.09. The van der Waals surface area contributed by atoms with Crippen molar-refractivity contribution in [2.45, 2.75) is 32.0 Å². The van der Waals surface area contributed by atoms with Gasteiger partial charge in [-0.2, -0.15) is 13.2 Å². The predicted octanol–water partition coefficient (Wildman–Crippen LogP) is 1.51. The van der Waals surface area contributed by atoms with Gasteiger partial charge in [0.1, 0.15) is 0 Å². The summed E-state index contributed by atoms with van der Waals surface area (Å²) in [7, 11) is 0. The van der Waals surface area contributed by atoms with Crippen LogP contribution in [0.2, 0.25) is 0 Å². The molecule has 1 saturated heterocycles. The molecule has 0 aromatic carbocycles. The second-order valence-electron chi connectivity index (χ2n) is 3.46. The predicted molar refractivity (Wildman–Crippen MR) is 48.4 cm³/mol. The number of halogens is 3. The molecule has 16 heavy (non-hydrogen) atoms. The Morgan fingerprint density at radius 1 is 1.38 bits per heavy atom. The fraction of sp³-hybridized carbons (Fsp3) is 0.889. The minimum Gasteiger partial charge on any atom is -0.378 e. The lowest BCUT2D eigenvalue weighted by molar-refractivity contribution is -0.244. The maximum atomic E-state index is 11.9. The summed E-state index contributed by atoms with van der Waals surface area (Å²) in [5, 5.41) is 1.03. The Morgan fingerprint density at radius 2 is 1.94 bits per heavy atom. The molecule has 0 aliphatic carbocycles. The molecule has 1 fully saturated rings. The quantitative estimate of drug-likeness (QED) is 0.750. The number of nitrogens with zero attached hydrogens (tertiary/aromatic N) is 1. The number of piperidine rings is 1. The minimum atomic E-state index is -4.93. The van der Waals surface area contributed by atoms with Gasteiger partial charge in [0.05, 0.1) is 6.10 Å². The molecule has 0 bridgehead atoms. The zero-order valence-corrected chi connectivity index (χ0v) is 8.92. The molecule has 0 atom stereocenters. The van der Waals surface area contributed by atoms with Gasteiger partial charge in [-0.3, -0.25) is 0 Å². The molecule has 1 aliphatic rings. The highest BCUT2D eigenvalue weighted by atomic mass is 19.4. The summed E-state index contributed by atoms with van der Waals surface area (Å²) in [6.07, 6.45) is -3.75. The van der Waals surface area contributed by atoms with Crippen LogP contribution < -0.4 is 0 Å². The SMILES string of the molecule is CCOC1CCN(OC(=O)C(F)(F)F)CC1. The van der Waals surface area contributed by atoms with Crippen molar-refractivity contribution < 1.29 is 27.5 Å². The first-order valence-electron chi connectivity index (χ1n) is 5.09. The van der Waals surface area contributed by atoms with Gasteiger partial charge in [-0.05, 0) is 19.8 Å². The number of carbonyl (C=O) groups excluding carboxylic acids is 1. The van der Waals surface area contributed by atoms with Crippen LogP contribution in [0.15, 0.2) is 0 Å². The van der Waals surface area contributed by atoms with Crippen LogP contribution in [0.4, 0.5) is 13.2 Å². The molecule has 94 valence electrons. The van der Waals surface area contributed by atoms with Crippen LogP contribution >= 0.6 is 0 Å². The van der Waals surface area contributed by atoms with E-state index in [1.807, 2.05) is 6.92 Å². The number of hydroxylamine groups is 2. The highest BCUT2D eigenvalue weighted by Gasteiger charge is 2.42. The van der Waals surface area contributed by atoms with E-state index in [1.54, 1.807) is 0 Å². The lowest BCUT2D eigenvalue weighted by atomic mass is 10.1. The zero-order valence-electron chi connectivity index (χ0n) is 8.92. The molecule has 0 aromatic rings. The van der Waals surface area contributed by atoms with E-state index in [4.69, 9.17) is 4.74 Å². The Hall–Kier alpha value is -0.820. The first kappa shape index (κ1) is 13.2. The van der Waals surface area contributed by atoms with Crippen molar-refractivity contribution in [2.75, 3.05) is 19.7 Å². The van der Waals surface area contributed by atoms with Crippen molar-refractivity contribution in [1.29, 1.82) is 0 Å². The summed E-state index contributed by atoms with van der Waals surface area (Å²) in [6.45, 7) is 2.97. The van der Waals surface area contributed by atoms with Crippen LogP contribution in [0.1, 0.15) is 19.8 Å². The van der Waals surface area contributed by atoms with E-state index in [0.29, 0.717) is 19.4 Å². The van der Waals surface area contributed by atoms with Crippen LogP contribution in [0.3, 0.4) is 0 Å². The fourth-order valence-corrected chi connectivity index (χ4v) is 1.49. The van der Waals surface area contributed by atoms with E-state index in [-0.39, 0.29) is 19.2 Å². The lowest BCUT2D eigenvalue weighted by Crippen LogP contribution is -2.41. The molecule has 1 heterocycles. The van der Waals surface area contributed by atoms with E-state index >= 15 is 0 Å². The minimum absolute atomic E-state index is 0.0471. The molecular weight excluding hydrogens is 227 g/mol. The van der Waals surface area contributed by atoms with Crippen LogP contribution in [0.25, 0.3) is 0 Å². The van der Waals surface area contributed by atoms with E-state index < -0.39 is 12.1 Å². The third kappa shape index (κ3) is 3.97. The average molecular weight is 241 g/mol. The molecule has 4 nitrogen and oxygen atoms in total. The number of ether oxygens (including phenoxy) is 1. The number of hydrogen-bond donors (Lipinski definition) is 0. The van der Waals surface area contributed by atoms with Gasteiger partial charge in [-0.15, -0.1) is 5.06 Å². The summed E-state index contributed by atoms with van der Waals surface area (Å²) >= 11 is 0. The third-order valence-corrected chi connectivity index (χ3v) is 2.25. The molecule has 0 amide bonds. The van der Waals surface area contributed by atoms with E-state index in [1.165, 1.54) is 0 Å². The van der Waals surface area contributed by atoms with Gasteiger partial charge in [-0.25, -0.2) is 4.79 Å². The van der Waals surface area contributed by atoms with Gasteiger partial charge in [0.15, 0.2) is 0 Å². The maximum Gasteiger partial charge on any atom is 0.492 e. The summed E-state index contributed by atoms with van der Waals surface area (Å²) in [6, 6.07) is 0. The van der Waals surface area contributed by atoms with E-state index in [2.05, 4.69) is 4.84 Å². The lowest BCUT2D eigenvalue weighted by Gasteiger charge is -2.30. The Kier molecular flexibility index (Phi) is 4.55. The number of alkyl halides is 3. The second kappa shape index (κ2) is 5.49. The van der Waals surface area contributed by atoms with Gasteiger partial charge >= 0.3 is 12.1 Å². The van der Waals surface area contributed by atoms with Crippen LogP contribution in [-0.4, -0.2) is 43.0 Å². The van der Waals surface area contributed by atoms with Gasteiger partial charge < -0.3 is 9.57 Å². The summed E-state index contributed by atoms with van der Waals surface area (Å²) in [5.41, 5.74) is 0. The molecule has 1 aliphatic heterocycles. The standard InChI is InChI=1S/C9H14F3NO3/c1-2-15-7-3-5-13(6-4-7)16-8(14)9(10,11)12/h7H,2-6H2,1H3. The van der Waals surface area contributed by atoms with Gasteiger partial charge in [0.25, 0.3) is 0 Å². The Bertz CT molecular complexity index is 237. The van der Waals surface area contributed by atoms with Crippen molar-refractivity contribution in [3.8, 4) is 0 Å². The molecular formula is C9H14F3NO3. The molecule has 0 aromatic heterocycles. The van der Waals surface area contributed by atoms with Gasteiger partial charge in [-0.1, -0.05) is 0 Å². The van der Waals surface area contributed by atoms with Crippen LogP contribution in [0, 0.1) is 0 Å². The van der Waals surface area contributed by atoms with Crippen LogP contribution in [0.5, 0.6) is 0 Å². The van der Waals surface area contributed by atoms with Crippen LogP contribution in [-0.2, 0) is 14.4 Å². The molecule has 0 N–H and O–H groups in total. The molecule has 7 heteroatoms. The van der Waals surface area contributed by atoms with Crippen molar-refractivity contribution in [1.82, 2.24) is 5.06 Å². The Balaban J connectivity index is 2.30. The van der Waals surface area contributed by atoms with Crippen molar-refractivity contribution in [2.24, 2.45) is 0 Å². The molecule has 0 radical (unpaired) electrons. The largest absolute Gasteiger partial charge is 0.492 e. The topological polar surface area (TPSA) is 38.8 Å². The zero-order chi connectivity index (χ0) is 12.2. The van der Waals surface area contributed by atoms with E-state index in [9.17, 15) is 18.0 Å². The molecule has 0 saturated carbocycles. The molecule has 0 spiro atoms. The Morgan fingerprint density at radius 3 is 2.38 bits per heavy atom. The second-order valence-corrected chi connectivity index (χ2v) is 3.46. The average Bonchev–Trinajstić information content (AvgIpc) is 2.20. The highest BCUT2D eigenvalue weighted by molar-refractivity contribution is 5.75. The number of carbonyl (C=O) groups is 1. The molecule has 0 unspecified atom stereocenters. The maximum absolute atomic E-state index is 11.9. The van der Waals surface area contributed by atoms with E-state index in [0.717, 1.165) is 5.06 Å². The Labute approximate surface area is 91.3 Å². The first-order chi connectivity index (χ1) is 7.43. The normalized spacial score (nSPS) is 19.8. The van der Waals surface area contributed by atoms with Crippen molar-refractivity contribution >= 4 is 5.97 Å². The molecule has 1 rings (SSSR count). The fourth-order valence-electron chi connectivity index (χ4n) is 1.49. The summed E-state index contributed by atoms with van der Waals surface area (Å²) in [5.74, 6) is -2.16. The van der Waals surface area contributed by atoms with Crippen molar-refractivity contribution in [3.05, 3.63) is 0 Å². The number of rotatable bonds is 3. The van der Waals surface area contributed by atoms with Crippen molar-refractivity contribution in [3.63, 3.8) is 0 Å². The third-order valence-electron chi connectivity index (χ3n) is 2.25. The highest BCUT2D eigenvalue weighted by Crippen LogP contribution is 2.20. The monoisotopic (exact) mass is 241 g/mol. The summed E-state index contributed by atoms with van der Waals surface area (Å²) < 4.78 is 40.9. The number of hydrogen-bond acceptors (Lipinski definition) is 4. The smallest absolute Gasteiger partial charge is 0.378 e.